The number of benzene rings is 1. The molecule has 150 valence electrons. The average molecular weight is 495 g/mol. The Morgan fingerprint density at radius 3 is 2.71 bits per heavy atom. The molecule has 0 saturated carbocycles. The van der Waals surface area contributed by atoms with Crippen LogP contribution >= 0.6 is 24.0 Å². The molecule has 0 fully saturated rings. The molecular formula is C20H26IN5O2. The van der Waals surface area contributed by atoms with Crippen molar-refractivity contribution in [3.05, 3.63) is 59.2 Å². The molecular weight excluding hydrogens is 469 g/mol. The van der Waals surface area contributed by atoms with Crippen LogP contribution in [0.3, 0.4) is 0 Å². The quantitative estimate of drug-likeness (QED) is 0.230. The molecule has 0 aliphatic carbocycles. The van der Waals surface area contributed by atoms with E-state index >= 15 is 0 Å². The van der Waals surface area contributed by atoms with Crippen molar-refractivity contribution in [2.24, 2.45) is 10.7 Å². The molecule has 2 aromatic heterocycles. The lowest BCUT2D eigenvalue weighted by Crippen LogP contribution is -2.37. The molecule has 0 aliphatic heterocycles. The first kappa shape index (κ1) is 21.8. The van der Waals surface area contributed by atoms with Gasteiger partial charge >= 0.3 is 0 Å². The van der Waals surface area contributed by atoms with Gasteiger partial charge in [-0.05, 0) is 36.1 Å². The lowest BCUT2D eigenvalue weighted by Gasteiger charge is -2.10. The standard InChI is InChI=1S/C20H25N5O2.HI/c1-3-13-5-4-6-16-14(11-24-18(13)16)9-10-23-20(22-2)25-12-15-7-8-17(27-15)19(21)26;/h4-8,11,24H,3,9-10,12H2,1-2H3,(H2,21,26)(H2,22,23,25);1H. The molecule has 1 aromatic carbocycles. The third kappa shape index (κ3) is 5.06. The van der Waals surface area contributed by atoms with Gasteiger partial charge in [-0.1, -0.05) is 25.1 Å². The number of halogens is 1. The molecule has 28 heavy (non-hydrogen) atoms. The number of furan rings is 1. The van der Waals surface area contributed by atoms with Gasteiger partial charge in [0.25, 0.3) is 5.91 Å². The minimum atomic E-state index is -0.575. The molecule has 3 rings (SSSR count). The van der Waals surface area contributed by atoms with Crippen molar-refractivity contribution < 1.29 is 9.21 Å². The number of amides is 1. The van der Waals surface area contributed by atoms with Gasteiger partial charge in [0.2, 0.25) is 0 Å². The number of aliphatic imine (C=N–C) groups is 1. The highest BCUT2D eigenvalue weighted by atomic mass is 127. The van der Waals surface area contributed by atoms with Crippen LogP contribution in [0, 0.1) is 0 Å². The van der Waals surface area contributed by atoms with Crippen LogP contribution in [0.4, 0.5) is 0 Å². The molecule has 8 heteroatoms. The first-order valence-electron chi connectivity index (χ1n) is 9.03. The summed E-state index contributed by atoms with van der Waals surface area (Å²) in [5.74, 6) is 0.867. The van der Waals surface area contributed by atoms with E-state index in [-0.39, 0.29) is 29.7 Å². The fourth-order valence-corrected chi connectivity index (χ4v) is 3.09. The lowest BCUT2D eigenvalue weighted by atomic mass is 10.1. The van der Waals surface area contributed by atoms with Crippen molar-refractivity contribution in [3.8, 4) is 0 Å². The van der Waals surface area contributed by atoms with Crippen molar-refractivity contribution in [2.75, 3.05) is 13.6 Å². The number of nitrogens with two attached hydrogens (primary N) is 1. The lowest BCUT2D eigenvalue weighted by molar-refractivity contribution is 0.0972. The van der Waals surface area contributed by atoms with E-state index < -0.39 is 5.91 Å². The van der Waals surface area contributed by atoms with E-state index in [9.17, 15) is 4.79 Å². The van der Waals surface area contributed by atoms with Crippen molar-refractivity contribution in [3.63, 3.8) is 0 Å². The Balaban J connectivity index is 0.00000280. The molecule has 0 bridgehead atoms. The maximum Gasteiger partial charge on any atom is 0.284 e. The summed E-state index contributed by atoms with van der Waals surface area (Å²) in [6.07, 6.45) is 3.96. The summed E-state index contributed by atoms with van der Waals surface area (Å²) in [6.45, 7) is 3.32. The number of nitrogens with zero attached hydrogens (tertiary/aromatic N) is 1. The molecule has 7 nitrogen and oxygen atoms in total. The number of primary amides is 1. The molecule has 5 N–H and O–H groups in total. The Hall–Kier alpha value is -2.49. The van der Waals surface area contributed by atoms with Crippen LogP contribution in [-0.2, 0) is 19.4 Å². The summed E-state index contributed by atoms with van der Waals surface area (Å²) in [7, 11) is 1.71. The fourth-order valence-electron chi connectivity index (χ4n) is 3.09. The molecule has 3 aromatic rings. The summed E-state index contributed by atoms with van der Waals surface area (Å²) >= 11 is 0. The molecule has 0 radical (unpaired) electrons. The third-order valence-electron chi connectivity index (χ3n) is 4.51. The van der Waals surface area contributed by atoms with Crippen LogP contribution in [0.1, 0.15) is 34.4 Å². The van der Waals surface area contributed by atoms with Gasteiger partial charge in [0, 0.05) is 30.7 Å². The van der Waals surface area contributed by atoms with Crippen LogP contribution in [0.15, 0.2) is 45.9 Å². The van der Waals surface area contributed by atoms with Gasteiger partial charge in [-0.2, -0.15) is 0 Å². The van der Waals surface area contributed by atoms with Gasteiger partial charge in [0.05, 0.1) is 6.54 Å². The SMILES string of the molecule is CCc1cccc2c(CCNC(=NC)NCc3ccc(C(N)=O)o3)c[nH]c12.I. The third-order valence-corrected chi connectivity index (χ3v) is 4.51. The number of hydrogen-bond acceptors (Lipinski definition) is 3. The second kappa shape index (κ2) is 10.2. The second-order valence-corrected chi connectivity index (χ2v) is 6.24. The van der Waals surface area contributed by atoms with Gasteiger partial charge in [0.1, 0.15) is 5.76 Å². The predicted octanol–water partition coefficient (Wildman–Crippen LogP) is 2.95. The van der Waals surface area contributed by atoms with E-state index in [0.29, 0.717) is 18.3 Å². The molecule has 0 aliphatic rings. The highest BCUT2D eigenvalue weighted by molar-refractivity contribution is 14.0. The van der Waals surface area contributed by atoms with E-state index in [1.165, 1.54) is 22.0 Å². The molecule has 2 heterocycles. The highest BCUT2D eigenvalue weighted by Gasteiger charge is 2.09. The topological polar surface area (TPSA) is 108 Å². The van der Waals surface area contributed by atoms with E-state index in [0.717, 1.165) is 19.4 Å². The van der Waals surface area contributed by atoms with Crippen LogP contribution in [0.5, 0.6) is 0 Å². The highest BCUT2D eigenvalue weighted by Crippen LogP contribution is 2.22. The van der Waals surface area contributed by atoms with Gasteiger partial charge in [0.15, 0.2) is 11.7 Å². The summed E-state index contributed by atoms with van der Waals surface area (Å²) in [4.78, 5) is 18.7. The smallest absolute Gasteiger partial charge is 0.284 e. The summed E-state index contributed by atoms with van der Waals surface area (Å²) < 4.78 is 5.35. The van der Waals surface area contributed by atoms with Gasteiger partial charge in [-0.15, -0.1) is 24.0 Å². The van der Waals surface area contributed by atoms with E-state index in [2.05, 4.69) is 51.9 Å². The average Bonchev–Trinajstić information content (AvgIpc) is 3.31. The molecule has 0 unspecified atom stereocenters. The number of para-hydroxylation sites is 1. The molecule has 1 amide bonds. The Morgan fingerprint density at radius 1 is 1.21 bits per heavy atom. The summed E-state index contributed by atoms with van der Waals surface area (Å²) in [5.41, 5.74) is 9.02. The summed E-state index contributed by atoms with van der Waals surface area (Å²) in [5, 5.41) is 7.72. The number of aromatic amines is 1. The first-order valence-corrected chi connectivity index (χ1v) is 9.03. The maximum absolute atomic E-state index is 11.1. The van der Waals surface area contributed by atoms with Crippen LogP contribution in [0.2, 0.25) is 0 Å². The zero-order valence-electron chi connectivity index (χ0n) is 16.0. The Labute approximate surface area is 181 Å². The van der Waals surface area contributed by atoms with Crippen molar-refractivity contribution in [1.82, 2.24) is 15.6 Å². The number of guanidine groups is 1. The largest absolute Gasteiger partial charge is 0.454 e. The number of rotatable bonds is 7. The van der Waals surface area contributed by atoms with E-state index in [1.807, 2.05) is 0 Å². The summed E-state index contributed by atoms with van der Waals surface area (Å²) in [6, 6.07) is 9.70. The van der Waals surface area contributed by atoms with Gasteiger partial charge in [-0.25, -0.2) is 0 Å². The Morgan fingerprint density at radius 2 is 2.04 bits per heavy atom. The number of H-pyrrole nitrogens is 1. The monoisotopic (exact) mass is 495 g/mol. The predicted molar refractivity (Wildman–Crippen MR) is 122 cm³/mol. The van der Waals surface area contributed by atoms with Crippen molar-refractivity contribution in [1.29, 1.82) is 0 Å². The molecule has 0 saturated heterocycles. The van der Waals surface area contributed by atoms with Crippen molar-refractivity contribution in [2.45, 2.75) is 26.3 Å². The van der Waals surface area contributed by atoms with Crippen molar-refractivity contribution >= 4 is 46.7 Å². The second-order valence-electron chi connectivity index (χ2n) is 6.24. The molecule has 0 atom stereocenters. The van der Waals surface area contributed by atoms with E-state index in [4.69, 9.17) is 10.2 Å². The molecule has 0 spiro atoms. The Bertz CT molecular complexity index is 961. The minimum Gasteiger partial charge on any atom is -0.454 e. The fraction of sp³-hybridized carbons (Fsp3) is 0.300. The van der Waals surface area contributed by atoms with Gasteiger partial charge < -0.3 is 25.8 Å². The van der Waals surface area contributed by atoms with Gasteiger partial charge in [-0.3, -0.25) is 9.79 Å². The first-order chi connectivity index (χ1) is 13.1. The van der Waals surface area contributed by atoms with Crippen LogP contribution in [0.25, 0.3) is 10.9 Å². The number of carbonyl (C=O) groups excluding carboxylic acids is 1. The number of nitrogens with one attached hydrogen (secondary N) is 3. The number of fused-ring (bicyclic) bond motifs is 1. The number of aromatic nitrogens is 1. The van der Waals surface area contributed by atoms with E-state index in [1.54, 1.807) is 19.2 Å². The maximum atomic E-state index is 11.1. The zero-order chi connectivity index (χ0) is 19.2. The zero-order valence-corrected chi connectivity index (χ0v) is 18.4. The number of carbonyl (C=O) groups is 1. The Kier molecular flexibility index (Phi) is 7.91. The number of hydrogen-bond donors (Lipinski definition) is 4. The minimum absolute atomic E-state index is 0. The number of aryl methyl sites for hydroxylation is 1. The van der Waals surface area contributed by atoms with Crippen LogP contribution < -0.4 is 16.4 Å². The van der Waals surface area contributed by atoms with Crippen LogP contribution in [-0.4, -0.2) is 30.4 Å². The normalized spacial score (nSPS) is 11.3.